The van der Waals surface area contributed by atoms with Crippen LogP contribution in [0.25, 0.3) is 29.2 Å². The molecule has 404 valence electrons. The highest BCUT2D eigenvalue weighted by Crippen LogP contribution is 2.33. The first kappa shape index (κ1) is 59.7. The van der Waals surface area contributed by atoms with E-state index in [4.69, 9.17) is 51.1 Å². The van der Waals surface area contributed by atoms with E-state index in [0.717, 1.165) is 0 Å². The molecule has 4 heterocycles. The number of fused-ring (bicyclic) bond motifs is 8. The number of amides is 1. The van der Waals surface area contributed by atoms with Crippen LogP contribution in [0, 0.1) is 29.6 Å². The number of aromatic nitrogens is 3. The lowest BCUT2D eigenvalue weighted by molar-refractivity contribution is -0.173. The first-order valence-corrected chi connectivity index (χ1v) is 24.3. The number of allylic oxidation sites excluding steroid dienone is 1. The van der Waals surface area contributed by atoms with Crippen molar-refractivity contribution in [3.63, 3.8) is 0 Å². The molecule has 0 unspecified atom stereocenters. The smallest absolute Gasteiger partial charge is 0.337 e. The average Bonchev–Trinajstić information content (AvgIpc) is 4.17. The zero-order chi connectivity index (χ0) is 53.8. The largest absolute Gasteiger partial charge is 0.462 e. The van der Waals surface area contributed by atoms with Gasteiger partial charge in [0.25, 0.3) is 0 Å². The number of nitrogens with zero attached hydrogens (tertiary/aromatic N) is 4. The number of ether oxygens (including phenoxy) is 8. The van der Waals surface area contributed by atoms with Crippen LogP contribution < -0.4 is 0 Å². The van der Waals surface area contributed by atoms with Gasteiger partial charge >= 0.3 is 17.9 Å². The van der Waals surface area contributed by atoms with Crippen LogP contribution in [0.2, 0.25) is 0 Å². The molecule has 0 saturated heterocycles. The number of hydrogen-bond donors (Lipinski definition) is 1. The van der Waals surface area contributed by atoms with E-state index >= 15 is 0 Å². The number of oxazole rings is 3. The third-order valence-corrected chi connectivity index (χ3v) is 13.1. The fraction of sp³-hybridized carbons (Fsp3) is 0.615. The summed E-state index contributed by atoms with van der Waals surface area (Å²) in [6.07, 6.45) is 8.87. The van der Waals surface area contributed by atoms with Crippen molar-refractivity contribution in [2.24, 2.45) is 29.6 Å². The predicted molar refractivity (Wildman–Crippen MR) is 263 cm³/mol. The highest BCUT2D eigenvalue weighted by molar-refractivity contribution is 5.92. The van der Waals surface area contributed by atoms with Gasteiger partial charge < -0.3 is 61.2 Å². The summed E-state index contributed by atoms with van der Waals surface area (Å²) in [7, 11) is 8.95. The van der Waals surface area contributed by atoms with Crippen molar-refractivity contribution in [1.29, 1.82) is 0 Å². The van der Waals surface area contributed by atoms with E-state index in [1.54, 1.807) is 46.5 Å². The first-order valence-electron chi connectivity index (χ1n) is 24.3. The van der Waals surface area contributed by atoms with Gasteiger partial charge in [0.15, 0.2) is 23.3 Å². The van der Waals surface area contributed by atoms with Crippen LogP contribution >= 0.6 is 0 Å². The second-order valence-electron chi connectivity index (χ2n) is 18.5. The molecule has 3 aromatic heterocycles. The van der Waals surface area contributed by atoms with E-state index in [-0.39, 0.29) is 60.9 Å². The van der Waals surface area contributed by atoms with Crippen LogP contribution in [0.5, 0.6) is 0 Å². The highest BCUT2D eigenvalue weighted by Gasteiger charge is 2.38. The van der Waals surface area contributed by atoms with Gasteiger partial charge in [0, 0.05) is 79.9 Å². The predicted octanol–water partition coefficient (Wildman–Crippen LogP) is 6.75. The molecule has 13 atom stereocenters. The summed E-state index contributed by atoms with van der Waals surface area (Å²) in [5.41, 5.74) is 0.950. The Balaban J connectivity index is 1.63. The Morgan fingerprint density at radius 2 is 1.55 bits per heavy atom. The molecule has 21 nitrogen and oxygen atoms in total. The van der Waals surface area contributed by atoms with Crippen LogP contribution in [0.3, 0.4) is 0 Å². The van der Waals surface area contributed by atoms with Crippen LogP contribution in [0.15, 0.2) is 62.5 Å². The summed E-state index contributed by atoms with van der Waals surface area (Å²) < 4.78 is 63.6. The summed E-state index contributed by atoms with van der Waals surface area (Å²) in [6.45, 7) is 10.4. The second kappa shape index (κ2) is 29.8. The molecule has 0 saturated carbocycles. The Kier molecular flexibility index (Phi) is 24.3. The molecule has 0 aliphatic carbocycles. The highest BCUT2D eigenvalue weighted by atomic mass is 16.6. The number of hydrogen-bond acceptors (Lipinski definition) is 20. The van der Waals surface area contributed by atoms with Gasteiger partial charge in [-0.15, -0.1) is 0 Å². The molecule has 21 heteroatoms. The minimum atomic E-state index is -1.19. The summed E-state index contributed by atoms with van der Waals surface area (Å²) in [4.78, 5) is 79.2. The molecule has 0 radical (unpaired) electrons. The number of cyclic esters (lactones) is 1. The van der Waals surface area contributed by atoms with Crippen molar-refractivity contribution in [2.75, 3.05) is 49.2 Å². The maximum Gasteiger partial charge on any atom is 0.337 e. The number of esters is 3. The lowest BCUT2D eigenvalue weighted by Crippen LogP contribution is -2.42. The standard InChI is InChI=1S/C52H74N4O17/c1-30(19-20-42(73-52(62)45(66-11)28-63-8)34(5)48(71-35(6)58)31(2)21-22-56(7)29-57)43(65-10)24-44-33(4)41(64-9)17-14-18-46-53-38(26-68-46)50-55-39(27-70-50)51-54-37(25-69-51)49(67-12)32(3)40(60)16-13-15-36(59)23-47(61)72-44/h13-14,16,18,21-22,25-27,29-34,36,41-45,48-49,59H,15,17,19-20,23-24,28H2,1-12H3/b16-13-,18-14-,22-21+/t30-,31+,32-,33+,34-,36-,41-,42+,43-,44-,45+,48+,49-/m0/s1. The SMILES string of the molecule is COC[C@@H](OC)C(=O)O[C@H](CC[C@H](C)[C@H](C[C@@H]1OC(=O)C[C@@H](O)C/C=C\C(=O)[C@H](C)[C@H](OC)c2coc(n2)-c2coc(n2)-c2coc(n2)/C=C\C[C@H](OC)[C@H]1C)OC)[C@H](C)[C@H](OC(C)=O)[C@H](C)/C=C/N(C)C=O. The van der Waals surface area contributed by atoms with E-state index in [9.17, 15) is 29.1 Å². The Labute approximate surface area is 426 Å². The number of carbonyl (C=O) groups excluding carboxylic acids is 5. The molecule has 1 amide bonds. The van der Waals surface area contributed by atoms with Gasteiger partial charge in [-0.25, -0.2) is 19.7 Å². The van der Waals surface area contributed by atoms with Gasteiger partial charge in [0.1, 0.15) is 48.9 Å². The molecular weight excluding hydrogens is 953 g/mol. The van der Waals surface area contributed by atoms with Gasteiger partial charge in [-0.1, -0.05) is 52.8 Å². The third-order valence-electron chi connectivity index (χ3n) is 13.1. The van der Waals surface area contributed by atoms with Gasteiger partial charge in [-0.3, -0.25) is 19.2 Å². The number of rotatable bonds is 21. The number of methoxy groups -OCH3 is 5. The van der Waals surface area contributed by atoms with E-state index in [0.29, 0.717) is 37.1 Å². The second-order valence-corrected chi connectivity index (χ2v) is 18.5. The van der Waals surface area contributed by atoms with Crippen molar-refractivity contribution >= 4 is 36.2 Å². The fourth-order valence-electron chi connectivity index (χ4n) is 8.59. The van der Waals surface area contributed by atoms with E-state index in [1.165, 1.54) is 64.1 Å². The van der Waals surface area contributed by atoms with Crippen molar-refractivity contribution in [1.82, 2.24) is 19.9 Å². The zero-order valence-corrected chi connectivity index (χ0v) is 44.0. The van der Waals surface area contributed by atoms with Crippen molar-refractivity contribution in [3.05, 3.63) is 60.9 Å². The molecular formula is C52H74N4O17. The fourth-order valence-corrected chi connectivity index (χ4v) is 8.59. The maximum absolute atomic E-state index is 13.7. The molecule has 73 heavy (non-hydrogen) atoms. The van der Waals surface area contributed by atoms with Crippen LogP contribution in [-0.4, -0.2) is 147 Å². The van der Waals surface area contributed by atoms with Crippen LogP contribution in [-0.2, 0) is 61.9 Å². The van der Waals surface area contributed by atoms with Crippen molar-refractivity contribution in [3.8, 4) is 23.2 Å². The van der Waals surface area contributed by atoms with E-state index < -0.39 is 90.4 Å². The van der Waals surface area contributed by atoms with Crippen LogP contribution in [0.1, 0.15) is 97.8 Å². The van der Waals surface area contributed by atoms with E-state index in [1.807, 2.05) is 33.8 Å². The van der Waals surface area contributed by atoms with Gasteiger partial charge in [0.2, 0.25) is 24.1 Å². The molecule has 0 fully saturated rings. The lowest BCUT2D eigenvalue weighted by Gasteiger charge is -2.35. The number of aliphatic hydroxyl groups excluding tert-OH is 1. The monoisotopic (exact) mass is 1030 g/mol. The topological polar surface area (TPSA) is 261 Å². The first-order chi connectivity index (χ1) is 34.9. The van der Waals surface area contributed by atoms with E-state index in [2.05, 4.69) is 15.0 Å². The minimum absolute atomic E-state index is 0.0242. The van der Waals surface area contributed by atoms with Crippen molar-refractivity contribution < 1.29 is 80.2 Å². The Morgan fingerprint density at radius 1 is 0.863 bits per heavy atom. The Morgan fingerprint density at radius 3 is 2.21 bits per heavy atom. The summed E-state index contributed by atoms with van der Waals surface area (Å²) in [5.74, 6) is -3.99. The van der Waals surface area contributed by atoms with Gasteiger partial charge in [0.05, 0.1) is 37.3 Å². The number of carbonyl (C=O) groups is 5. The van der Waals surface area contributed by atoms with Crippen molar-refractivity contribution in [2.45, 2.75) is 129 Å². The molecule has 0 spiro atoms. The lowest BCUT2D eigenvalue weighted by atomic mass is 9.83. The Hall–Kier alpha value is -5.84. The van der Waals surface area contributed by atoms with Crippen LogP contribution in [0.4, 0.5) is 0 Å². The summed E-state index contributed by atoms with van der Waals surface area (Å²) in [6, 6.07) is 0. The maximum atomic E-state index is 13.7. The molecule has 1 aliphatic heterocycles. The zero-order valence-electron chi connectivity index (χ0n) is 44.0. The quantitative estimate of drug-likeness (QED) is 0.0657. The normalized spacial score (nSPS) is 24.1. The van der Waals surface area contributed by atoms with Gasteiger partial charge in [-0.05, 0) is 43.8 Å². The summed E-state index contributed by atoms with van der Waals surface area (Å²) in [5, 5.41) is 11.0. The molecule has 3 aromatic rings. The third kappa shape index (κ3) is 17.7. The number of aliphatic hydroxyl groups is 1. The average molecular weight is 1030 g/mol. The minimum Gasteiger partial charge on any atom is -0.462 e. The molecule has 1 aliphatic rings. The van der Waals surface area contributed by atoms with Gasteiger partial charge in [-0.2, -0.15) is 0 Å². The number of ketones is 1. The molecule has 0 aromatic carbocycles. The molecule has 4 rings (SSSR count). The Bertz CT molecular complexity index is 2290. The molecule has 1 N–H and O–H groups in total. The summed E-state index contributed by atoms with van der Waals surface area (Å²) >= 11 is 0. The molecule has 6 bridgehead atoms.